The summed E-state index contributed by atoms with van der Waals surface area (Å²) < 4.78 is 14.0. The third-order valence-electron chi connectivity index (χ3n) is 3.43. The van der Waals surface area contributed by atoms with Crippen LogP contribution in [0, 0.1) is 0 Å². The first kappa shape index (κ1) is 10.7. The molecule has 0 bridgehead atoms. The van der Waals surface area contributed by atoms with Crippen LogP contribution in [0.2, 0.25) is 0 Å². The second-order valence-corrected chi connectivity index (χ2v) is 4.89. The van der Waals surface area contributed by atoms with Crippen molar-refractivity contribution in [3.63, 3.8) is 0 Å². The van der Waals surface area contributed by atoms with E-state index in [4.69, 9.17) is 0 Å². The van der Waals surface area contributed by atoms with E-state index in [-0.39, 0.29) is 0 Å². The lowest BCUT2D eigenvalue weighted by Crippen LogP contribution is -2.18. The Morgan fingerprint density at radius 1 is 1.00 bits per heavy atom. The van der Waals surface area contributed by atoms with Crippen molar-refractivity contribution in [2.45, 2.75) is 51.1 Å². The maximum Gasteiger partial charge on any atom is 0.108 e. The highest BCUT2D eigenvalue weighted by Gasteiger charge is 2.23. The number of halogens is 1. The van der Waals surface area contributed by atoms with Gasteiger partial charge in [-0.2, -0.15) is 0 Å². The number of benzene rings is 1. The molecule has 0 radical (unpaired) electrons. The average molecular weight is 206 g/mol. The molecule has 1 aromatic carbocycles. The number of aryl methyl sites for hydroxylation is 2. The van der Waals surface area contributed by atoms with Crippen LogP contribution in [0.25, 0.3) is 0 Å². The van der Waals surface area contributed by atoms with Crippen LogP contribution in [-0.2, 0) is 12.8 Å². The van der Waals surface area contributed by atoms with Gasteiger partial charge >= 0.3 is 0 Å². The smallest absolute Gasteiger partial charge is 0.108 e. The molecule has 2 rings (SSSR count). The maximum absolute atomic E-state index is 14.0. The lowest BCUT2D eigenvalue weighted by Gasteiger charge is -2.19. The van der Waals surface area contributed by atoms with E-state index < -0.39 is 5.67 Å². The molecule has 0 fully saturated rings. The van der Waals surface area contributed by atoms with E-state index in [2.05, 4.69) is 24.3 Å². The number of hydrogen-bond donors (Lipinski definition) is 0. The van der Waals surface area contributed by atoms with Gasteiger partial charge in [0, 0.05) is 0 Å². The van der Waals surface area contributed by atoms with Crippen molar-refractivity contribution in [3.8, 4) is 0 Å². The van der Waals surface area contributed by atoms with Crippen molar-refractivity contribution in [2.75, 3.05) is 0 Å². The van der Waals surface area contributed by atoms with E-state index in [0.29, 0.717) is 6.42 Å². The zero-order valence-corrected chi connectivity index (χ0v) is 9.43. The van der Waals surface area contributed by atoms with Gasteiger partial charge in [0.1, 0.15) is 5.67 Å². The van der Waals surface area contributed by atoms with Crippen molar-refractivity contribution < 1.29 is 4.39 Å². The molecule has 0 aliphatic heterocycles. The van der Waals surface area contributed by atoms with Gasteiger partial charge in [0.2, 0.25) is 0 Å². The first-order valence-corrected chi connectivity index (χ1v) is 5.93. The SMILES string of the molecule is CC1(F)CCCCc2ccccc2CC1. The second kappa shape index (κ2) is 4.34. The number of fused-ring (bicyclic) bond motifs is 1. The fraction of sp³-hybridized carbons (Fsp3) is 0.571. The van der Waals surface area contributed by atoms with Gasteiger partial charge in [-0.1, -0.05) is 24.3 Å². The summed E-state index contributed by atoms with van der Waals surface area (Å²) in [6.07, 6.45) is 5.54. The van der Waals surface area contributed by atoms with Crippen LogP contribution in [0.15, 0.2) is 24.3 Å². The van der Waals surface area contributed by atoms with Gasteiger partial charge in [0.25, 0.3) is 0 Å². The molecule has 0 aromatic heterocycles. The summed E-state index contributed by atoms with van der Waals surface area (Å²) >= 11 is 0. The fourth-order valence-electron chi connectivity index (χ4n) is 2.37. The van der Waals surface area contributed by atoms with Crippen LogP contribution in [0.3, 0.4) is 0 Å². The third-order valence-corrected chi connectivity index (χ3v) is 3.43. The Bertz CT molecular complexity index is 328. The summed E-state index contributed by atoms with van der Waals surface area (Å²) in [4.78, 5) is 0. The number of hydrogen-bond acceptors (Lipinski definition) is 0. The third kappa shape index (κ3) is 2.80. The molecule has 0 saturated carbocycles. The molecule has 0 nitrogen and oxygen atoms in total. The Kier molecular flexibility index (Phi) is 3.08. The topological polar surface area (TPSA) is 0 Å². The summed E-state index contributed by atoms with van der Waals surface area (Å²) in [5, 5.41) is 0. The summed E-state index contributed by atoms with van der Waals surface area (Å²) in [6.45, 7) is 1.75. The summed E-state index contributed by atoms with van der Waals surface area (Å²) in [5.74, 6) is 0. The summed E-state index contributed by atoms with van der Waals surface area (Å²) in [6, 6.07) is 8.49. The minimum atomic E-state index is -0.961. The van der Waals surface area contributed by atoms with Gasteiger partial charge in [-0.25, -0.2) is 4.39 Å². The van der Waals surface area contributed by atoms with Gasteiger partial charge in [0.05, 0.1) is 0 Å². The highest BCUT2D eigenvalue weighted by molar-refractivity contribution is 5.27. The minimum Gasteiger partial charge on any atom is -0.244 e. The molecule has 1 unspecified atom stereocenters. The molecule has 1 aromatic rings. The van der Waals surface area contributed by atoms with E-state index in [0.717, 1.165) is 32.1 Å². The lowest BCUT2D eigenvalue weighted by molar-refractivity contribution is 0.158. The first-order chi connectivity index (χ1) is 7.17. The first-order valence-electron chi connectivity index (χ1n) is 5.93. The van der Waals surface area contributed by atoms with Crippen LogP contribution in [0.4, 0.5) is 4.39 Å². The Morgan fingerprint density at radius 2 is 1.67 bits per heavy atom. The van der Waals surface area contributed by atoms with Gasteiger partial charge in [-0.15, -0.1) is 0 Å². The molecule has 1 atom stereocenters. The summed E-state index contributed by atoms with van der Waals surface area (Å²) in [5.41, 5.74) is 1.82. The Balaban J connectivity index is 2.19. The quantitative estimate of drug-likeness (QED) is 0.600. The molecular formula is C14H19F. The Hall–Kier alpha value is -0.850. The van der Waals surface area contributed by atoms with Crippen molar-refractivity contribution in [3.05, 3.63) is 35.4 Å². The maximum atomic E-state index is 14.0. The van der Waals surface area contributed by atoms with Gasteiger partial charge < -0.3 is 0 Å². The number of alkyl halides is 1. The molecule has 82 valence electrons. The molecular weight excluding hydrogens is 187 g/mol. The van der Waals surface area contributed by atoms with E-state index in [9.17, 15) is 4.39 Å². The Labute approximate surface area is 91.5 Å². The van der Waals surface area contributed by atoms with Crippen LogP contribution in [0.5, 0.6) is 0 Å². The molecule has 0 amide bonds. The lowest BCUT2D eigenvalue weighted by atomic mass is 9.94. The van der Waals surface area contributed by atoms with Crippen LogP contribution in [-0.4, -0.2) is 5.67 Å². The van der Waals surface area contributed by atoms with Crippen molar-refractivity contribution >= 4 is 0 Å². The largest absolute Gasteiger partial charge is 0.244 e. The van der Waals surface area contributed by atoms with Gasteiger partial charge in [-0.05, 0) is 56.6 Å². The fourth-order valence-corrected chi connectivity index (χ4v) is 2.37. The van der Waals surface area contributed by atoms with Crippen molar-refractivity contribution in [1.82, 2.24) is 0 Å². The molecule has 0 saturated heterocycles. The molecule has 1 aliphatic carbocycles. The highest BCUT2D eigenvalue weighted by Crippen LogP contribution is 2.28. The van der Waals surface area contributed by atoms with Crippen LogP contribution in [0.1, 0.15) is 43.7 Å². The molecule has 0 spiro atoms. The molecule has 1 heteroatoms. The molecule has 1 aliphatic rings. The zero-order valence-electron chi connectivity index (χ0n) is 9.43. The zero-order chi connectivity index (χ0) is 10.7. The van der Waals surface area contributed by atoms with E-state index >= 15 is 0 Å². The predicted molar refractivity (Wildman–Crippen MR) is 61.8 cm³/mol. The van der Waals surface area contributed by atoms with Crippen molar-refractivity contribution in [1.29, 1.82) is 0 Å². The minimum absolute atomic E-state index is 0.671. The Morgan fingerprint density at radius 3 is 2.40 bits per heavy atom. The average Bonchev–Trinajstić information content (AvgIpc) is 2.29. The molecule has 0 heterocycles. The number of rotatable bonds is 0. The van der Waals surface area contributed by atoms with E-state index in [1.54, 1.807) is 6.92 Å². The summed E-state index contributed by atoms with van der Waals surface area (Å²) in [7, 11) is 0. The van der Waals surface area contributed by atoms with Gasteiger partial charge in [-0.3, -0.25) is 0 Å². The van der Waals surface area contributed by atoms with E-state index in [1.807, 2.05) is 0 Å². The highest BCUT2D eigenvalue weighted by atomic mass is 19.1. The van der Waals surface area contributed by atoms with Crippen LogP contribution >= 0.6 is 0 Å². The van der Waals surface area contributed by atoms with Crippen LogP contribution < -0.4 is 0 Å². The van der Waals surface area contributed by atoms with E-state index in [1.165, 1.54) is 11.1 Å². The van der Waals surface area contributed by atoms with Crippen molar-refractivity contribution in [2.24, 2.45) is 0 Å². The van der Waals surface area contributed by atoms with Gasteiger partial charge in [0.15, 0.2) is 0 Å². The predicted octanol–water partition coefficient (Wildman–Crippen LogP) is 4.07. The molecule has 0 N–H and O–H groups in total. The standard InChI is InChI=1S/C14H19F/c1-14(15)10-5-4-8-12-6-2-3-7-13(12)9-11-14/h2-3,6-7H,4-5,8-11H2,1H3. The monoisotopic (exact) mass is 206 g/mol. The molecule has 15 heavy (non-hydrogen) atoms. The normalized spacial score (nSPS) is 27.3. The second-order valence-electron chi connectivity index (χ2n) is 4.89.